The molecular weight excluding hydrogens is 371 g/mol. The van der Waals surface area contributed by atoms with Crippen LogP contribution in [0.1, 0.15) is 11.3 Å². The lowest BCUT2D eigenvalue weighted by Gasteiger charge is -2.23. The van der Waals surface area contributed by atoms with Gasteiger partial charge in [0, 0.05) is 48.0 Å². The summed E-state index contributed by atoms with van der Waals surface area (Å²) in [7, 11) is 0. The summed E-state index contributed by atoms with van der Waals surface area (Å²) in [5, 5.41) is 16.8. The van der Waals surface area contributed by atoms with Gasteiger partial charge < -0.3 is 10.2 Å². The molecule has 8 heteroatoms. The molecule has 0 radical (unpaired) electrons. The molecule has 0 aliphatic carbocycles. The van der Waals surface area contributed by atoms with Crippen molar-refractivity contribution in [2.24, 2.45) is 0 Å². The molecule has 26 heavy (non-hydrogen) atoms. The number of rotatable bonds is 7. The van der Waals surface area contributed by atoms with Crippen LogP contribution in [0.2, 0.25) is 0 Å². The molecule has 3 rings (SSSR count). The molecule has 0 aliphatic rings. The predicted molar refractivity (Wildman–Crippen MR) is 106 cm³/mol. The standard InChI is InChI=1S/C18H18Cl2N6/c1-13-9-17(26-18(23-13)14(11-21)12-22-26)24-15-3-2-4-16(10-15)25(7-5-19)8-6-20/h2-4,9-10,12,24H,5-8H2,1H3. The van der Waals surface area contributed by atoms with Gasteiger partial charge in [-0.15, -0.1) is 23.2 Å². The number of nitriles is 1. The number of benzene rings is 1. The van der Waals surface area contributed by atoms with E-state index in [4.69, 9.17) is 23.2 Å². The van der Waals surface area contributed by atoms with Crippen LogP contribution in [0.15, 0.2) is 36.5 Å². The van der Waals surface area contributed by atoms with Crippen molar-refractivity contribution in [3.8, 4) is 6.07 Å². The first-order chi connectivity index (χ1) is 12.7. The van der Waals surface area contributed by atoms with Gasteiger partial charge in [-0.1, -0.05) is 6.07 Å². The summed E-state index contributed by atoms with van der Waals surface area (Å²) in [6.07, 6.45) is 1.52. The Morgan fingerprint density at radius 1 is 1.23 bits per heavy atom. The molecule has 0 fully saturated rings. The van der Waals surface area contributed by atoms with Crippen molar-refractivity contribution in [3.05, 3.63) is 47.8 Å². The normalized spacial score (nSPS) is 10.7. The van der Waals surface area contributed by atoms with E-state index in [0.717, 1.165) is 36.0 Å². The summed E-state index contributed by atoms with van der Waals surface area (Å²) in [5.74, 6) is 1.80. The zero-order valence-corrected chi connectivity index (χ0v) is 15.8. The Kier molecular flexibility index (Phi) is 5.82. The topological polar surface area (TPSA) is 69.2 Å². The van der Waals surface area contributed by atoms with Gasteiger partial charge in [-0.3, -0.25) is 0 Å². The summed E-state index contributed by atoms with van der Waals surface area (Å²) in [5.41, 5.74) is 3.73. The number of fused-ring (bicyclic) bond motifs is 1. The van der Waals surface area contributed by atoms with Crippen molar-refractivity contribution in [2.75, 3.05) is 35.1 Å². The fourth-order valence-electron chi connectivity index (χ4n) is 2.75. The van der Waals surface area contributed by atoms with Crippen molar-refractivity contribution in [1.82, 2.24) is 14.6 Å². The van der Waals surface area contributed by atoms with Crippen molar-refractivity contribution in [3.63, 3.8) is 0 Å². The number of aryl methyl sites for hydroxylation is 1. The molecular formula is C18H18Cl2N6. The molecule has 1 aromatic carbocycles. The van der Waals surface area contributed by atoms with Crippen LogP contribution in [0.5, 0.6) is 0 Å². The van der Waals surface area contributed by atoms with E-state index >= 15 is 0 Å². The largest absolute Gasteiger partial charge is 0.369 e. The molecule has 0 unspecified atom stereocenters. The lowest BCUT2D eigenvalue weighted by molar-refractivity contribution is 0.874. The third-order valence-corrected chi connectivity index (χ3v) is 4.25. The van der Waals surface area contributed by atoms with Crippen LogP contribution >= 0.6 is 23.2 Å². The smallest absolute Gasteiger partial charge is 0.175 e. The highest BCUT2D eigenvalue weighted by Gasteiger charge is 2.11. The van der Waals surface area contributed by atoms with Crippen molar-refractivity contribution >= 4 is 46.0 Å². The van der Waals surface area contributed by atoms with Gasteiger partial charge in [0.2, 0.25) is 0 Å². The van der Waals surface area contributed by atoms with E-state index in [1.807, 2.05) is 37.3 Å². The Hall–Kier alpha value is -2.49. The Morgan fingerprint density at radius 2 is 2.00 bits per heavy atom. The summed E-state index contributed by atoms with van der Waals surface area (Å²) >= 11 is 11.8. The Balaban J connectivity index is 1.95. The average molecular weight is 389 g/mol. The molecule has 0 saturated heterocycles. The van der Waals surface area contributed by atoms with Crippen LogP contribution in [0.4, 0.5) is 17.2 Å². The Morgan fingerprint density at radius 3 is 2.69 bits per heavy atom. The molecule has 134 valence electrons. The minimum absolute atomic E-state index is 0.445. The molecule has 0 bridgehead atoms. The van der Waals surface area contributed by atoms with E-state index in [9.17, 15) is 5.26 Å². The fourth-order valence-corrected chi connectivity index (χ4v) is 3.16. The molecule has 0 saturated carbocycles. The molecule has 0 aliphatic heterocycles. The van der Waals surface area contributed by atoms with Crippen LogP contribution < -0.4 is 10.2 Å². The van der Waals surface area contributed by atoms with E-state index in [0.29, 0.717) is 23.0 Å². The maximum Gasteiger partial charge on any atom is 0.175 e. The van der Waals surface area contributed by atoms with Crippen molar-refractivity contribution in [2.45, 2.75) is 6.92 Å². The number of hydrogen-bond acceptors (Lipinski definition) is 5. The van der Waals surface area contributed by atoms with Crippen molar-refractivity contribution in [1.29, 1.82) is 5.26 Å². The second kappa shape index (κ2) is 8.26. The third kappa shape index (κ3) is 3.85. The second-order valence-corrected chi connectivity index (χ2v) is 6.48. The zero-order chi connectivity index (χ0) is 18.5. The molecule has 1 N–H and O–H groups in total. The zero-order valence-electron chi connectivity index (χ0n) is 14.3. The van der Waals surface area contributed by atoms with Crippen LogP contribution in [-0.4, -0.2) is 39.4 Å². The Labute approximate surface area is 162 Å². The van der Waals surface area contributed by atoms with Crippen LogP contribution in [0.25, 0.3) is 5.65 Å². The van der Waals surface area contributed by atoms with Gasteiger partial charge in [-0.05, 0) is 25.1 Å². The van der Waals surface area contributed by atoms with Gasteiger partial charge in [0.05, 0.1) is 6.20 Å². The molecule has 0 atom stereocenters. The van der Waals surface area contributed by atoms with Crippen LogP contribution in [-0.2, 0) is 0 Å². The van der Waals surface area contributed by atoms with Crippen molar-refractivity contribution < 1.29 is 0 Å². The monoisotopic (exact) mass is 388 g/mol. The molecule has 2 heterocycles. The maximum absolute atomic E-state index is 9.20. The molecule has 3 aromatic rings. The van der Waals surface area contributed by atoms with Gasteiger partial charge in [0.25, 0.3) is 0 Å². The lowest BCUT2D eigenvalue weighted by Crippen LogP contribution is -2.27. The highest BCUT2D eigenvalue weighted by molar-refractivity contribution is 6.18. The van der Waals surface area contributed by atoms with Gasteiger partial charge in [-0.2, -0.15) is 14.9 Å². The first kappa shape index (κ1) is 18.3. The summed E-state index contributed by atoms with van der Waals surface area (Å²) in [6.45, 7) is 3.33. The summed E-state index contributed by atoms with van der Waals surface area (Å²) in [6, 6.07) is 12.0. The number of nitrogens with zero attached hydrogens (tertiary/aromatic N) is 5. The predicted octanol–water partition coefficient (Wildman–Crippen LogP) is 3.94. The second-order valence-electron chi connectivity index (χ2n) is 5.73. The van der Waals surface area contributed by atoms with Gasteiger partial charge >= 0.3 is 0 Å². The third-order valence-electron chi connectivity index (χ3n) is 3.91. The van der Waals surface area contributed by atoms with E-state index < -0.39 is 0 Å². The van der Waals surface area contributed by atoms with E-state index in [-0.39, 0.29) is 0 Å². The minimum Gasteiger partial charge on any atom is -0.369 e. The van der Waals surface area contributed by atoms with Gasteiger partial charge in [-0.25, -0.2) is 4.98 Å². The SMILES string of the molecule is Cc1cc(Nc2cccc(N(CCCl)CCCl)c2)n2ncc(C#N)c2n1. The lowest BCUT2D eigenvalue weighted by atomic mass is 10.2. The number of alkyl halides is 2. The Bertz CT molecular complexity index is 940. The average Bonchev–Trinajstić information content (AvgIpc) is 3.05. The molecule has 6 nitrogen and oxygen atoms in total. The highest BCUT2D eigenvalue weighted by Crippen LogP contribution is 2.24. The van der Waals surface area contributed by atoms with Crippen LogP contribution in [0.3, 0.4) is 0 Å². The minimum atomic E-state index is 0.445. The summed E-state index contributed by atoms with van der Waals surface area (Å²) in [4.78, 5) is 6.54. The number of aromatic nitrogens is 3. The van der Waals surface area contributed by atoms with E-state index in [1.54, 1.807) is 4.52 Å². The maximum atomic E-state index is 9.20. The molecule has 2 aromatic heterocycles. The van der Waals surface area contributed by atoms with Gasteiger partial charge in [0.15, 0.2) is 5.65 Å². The fraction of sp³-hybridized carbons (Fsp3) is 0.278. The van der Waals surface area contributed by atoms with Gasteiger partial charge in [0.1, 0.15) is 17.5 Å². The van der Waals surface area contributed by atoms with Crippen LogP contribution in [0, 0.1) is 18.3 Å². The first-order valence-corrected chi connectivity index (χ1v) is 9.22. The quantitative estimate of drug-likeness (QED) is 0.620. The number of halogens is 2. The summed E-state index contributed by atoms with van der Waals surface area (Å²) < 4.78 is 1.63. The number of anilines is 3. The van der Waals surface area contributed by atoms with E-state index in [1.165, 1.54) is 6.20 Å². The molecule has 0 spiro atoms. The molecule has 0 amide bonds. The number of hydrogen-bond donors (Lipinski definition) is 1. The number of nitrogens with one attached hydrogen (secondary N) is 1. The first-order valence-electron chi connectivity index (χ1n) is 8.15. The highest BCUT2D eigenvalue weighted by atomic mass is 35.5. The van der Waals surface area contributed by atoms with E-state index in [2.05, 4.69) is 26.4 Å².